The van der Waals surface area contributed by atoms with Gasteiger partial charge in [-0.1, -0.05) is 60.1 Å². The zero-order chi connectivity index (χ0) is 32.6. The van der Waals surface area contributed by atoms with Crippen molar-refractivity contribution >= 4 is 37.5 Å². The molecule has 0 aliphatic heterocycles. The lowest BCUT2D eigenvalue weighted by Gasteiger charge is -2.39. The summed E-state index contributed by atoms with van der Waals surface area (Å²) < 4.78 is 6.87. The third kappa shape index (κ3) is 11.4. The number of thiazole rings is 1. The molecule has 0 amide bonds. The van der Waals surface area contributed by atoms with E-state index in [1.54, 1.807) is 32.1 Å². The maximum absolute atomic E-state index is 13.1. The summed E-state index contributed by atoms with van der Waals surface area (Å²) in [6, 6.07) is 0. The van der Waals surface area contributed by atoms with Gasteiger partial charge in [-0.15, -0.1) is 11.3 Å². The number of aliphatic hydroxyl groups is 2. The van der Waals surface area contributed by atoms with E-state index in [0.29, 0.717) is 0 Å². The molecular formula is C33H57NO6SSi. The second-order valence-corrected chi connectivity index (χ2v) is 20.0. The first-order valence-corrected chi connectivity index (χ1v) is 18.9. The molecule has 1 aromatic heterocycles. The second kappa shape index (κ2) is 15.9. The van der Waals surface area contributed by atoms with E-state index in [9.17, 15) is 19.8 Å². The molecule has 0 saturated carbocycles. The first-order valence-electron chi connectivity index (χ1n) is 15.2. The smallest absolute Gasteiger partial charge is 0.306 e. The molecule has 0 bridgehead atoms. The molecule has 0 saturated heterocycles. The van der Waals surface area contributed by atoms with Crippen LogP contribution >= 0.6 is 11.3 Å². The number of hydrogen-bond acceptors (Lipinski definition) is 7. The van der Waals surface area contributed by atoms with E-state index in [4.69, 9.17) is 9.53 Å². The van der Waals surface area contributed by atoms with Crippen LogP contribution in [0.4, 0.5) is 0 Å². The number of aliphatic carboxylic acids is 1. The quantitative estimate of drug-likeness (QED) is 0.120. The molecule has 0 fully saturated rings. The van der Waals surface area contributed by atoms with Crippen LogP contribution in [-0.2, 0) is 14.0 Å². The van der Waals surface area contributed by atoms with Crippen molar-refractivity contribution in [2.75, 3.05) is 0 Å². The number of aryl methyl sites for hydroxylation is 1. The number of carbonyl (C=O) groups is 2. The van der Waals surface area contributed by atoms with Crippen molar-refractivity contribution in [2.24, 2.45) is 17.3 Å². The number of carboxylic acid groups (broad SMARTS) is 1. The minimum atomic E-state index is -2.00. The Labute approximate surface area is 259 Å². The molecule has 1 heterocycles. The highest BCUT2D eigenvalue weighted by molar-refractivity contribution is 7.09. The summed E-state index contributed by atoms with van der Waals surface area (Å²) in [7, 11) is -2.00. The molecule has 9 heteroatoms. The van der Waals surface area contributed by atoms with Gasteiger partial charge >= 0.3 is 5.97 Å². The highest BCUT2D eigenvalue weighted by Crippen LogP contribution is 2.39. The lowest BCUT2D eigenvalue weighted by molar-refractivity contribution is -0.147. The fourth-order valence-corrected chi connectivity index (χ4v) is 6.65. The van der Waals surface area contributed by atoms with Gasteiger partial charge in [-0.05, 0) is 82.2 Å². The van der Waals surface area contributed by atoms with Gasteiger partial charge in [0.1, 0.15) is 5.78 Å². The van der Waals surface area contributed by atoms with E-state index in [0.717, 1.165) is 36.4 Å². The van der Waals surface area contributed by atoms with Crippen molar-refractivity contribution in [1.82, 2.24) is 4.98 Å². The average Bonchev–Trinajstić information content (AvgIpc) is 3.27. The minimum Gasteiger partial charge on any atom is -0.481 e. The molecule has 0 aliphatic carbocycles. The fourth-order valence-electron chi connectivity index (χ4n) is 4.74. The van der Waals surface area contributed by atoms with Crippen molar-refractivity contribution in [1.29, 1.82) is 0 Å². The van der Waals surface area contributed by atoms with Gasteiger partial charge < -0.3 is 19.7 Å². The number of nitrogens with zero attached hydrogens (tertiary/aromatic N) is 1. The van der Waals surface area contributed by atoms with Crippen molar-refractivity contribution in [3.05, 3.63) is 33.3 Å². The van der Waals surface area contributed by atoms with Crippen molar-refractivity contribution in [2.45, 2.75) is 138 Å². The number of ketones is 1. The maximum Gasteiger partial charge on any atom is 0.306 e. The third-order valence-electron chi connectivity index (χ3n) is 9.02. The first-order chi connectivity index (χ1) is 19.1. The third-order valence-corrected chi connectivity index (χ3v) is 14.3. The van der Waals surface area contributed by atoms with E-state index >= 15 is 0 Å². The Morgan fingerprint density at radius 1 is 1.12 bits per heavy atom. The van der Waals surface area contributed by atoms with Gasteiger partial charge in [0.2, 0.25) is 0 Å². The van der Waals surface area contributed by atoms with Crippen LogP contribution in [0.5, 0.6) is 0 Å². The Morgan fingerprint density at radius 2 is 1.71 bits per heavy atom. The minimum absolute atomic E-state index is 0.0321. The largest absolute Gasteiger partial charge is 0.481 e. The number of carbonyl (C=O) groups excluding carboxylic acids is 1. The molecule has 5 atom stereocenters. The Morgan fingerprint density at radius 3 is 2.21 bits per heavy atom. The molecule has 0 spiro atoms. The molecule has 0 radical (unpaired) electrons. The number of hydrogen-bond donors (Lipinski definition) is 3. The van der Waals surface area contributed by atoms with E-state index < -0.39 is 44.2 Å². The summed E-state index contributed by atoms with van der Waals surface area (Å²) in [5.41, 5.74) is 2.14. The molecule has 240 valence electrons. The maximum atomic E-state index is 13.1. The average molecular weight is 624 g/mol. The number of rotatable bonds is 17. The predicted octanol–water partition coefficient (Wildman–Crippen LogP) is 7.82. The molecule has 42 heavy (non-hydrogen) atoms. The van der Waals surface area contributed by atoms with Gasteiger partial charge in [0.05, 0.1) is 40.8 Å². The number of aliphatic hydroxyl groups excluding tert-OH is 2. The first kappa shape index (κ1) is 38.4. The van der Waals surface area contributed by atoms with Gasteiger partial charge in [-0.25, -0.2) is 4.98 Å². The standard InChI is InChI=1S/C33H57NO6SSi/c1-21(14-13-15-22(2)30(38)24(4)31(39)33(9,10)28(35)19-29(36)37)16-17-27(40-42(11,12)32(6,7)8)23(3)18-26-20-41-25(5)34-26/h16,18,20,22,24,27-28,30,35,38H,13-15,17,19H2,1-12H3,(H,36,37)/b21-16-,23-18+/t22-,24+,27-,28-,30-/m0/s1. The monoisotopic (exact) mass is 623 g/mol. The number of Topliss-reactive ketones (excluding diaryl/α,β-unsaturated/α-hetero) is 1. The number of aromatic nitrogens is 1. The lowest BCUT2D eigenvalue weighted by Crippen LogP contribution is -2.45. The van der Waals surface area contributed by atoms with Crippen LogP contribution in [-0.4, -0.2) is 58.7 Å². The molecular weight excluding hydrogens is 567 g/mol. The van der Waals surface area contributed by atoms with Crippen LogP contribution in [0.15, 0.2) is 22.6 Å². The summed E-state index contributed by atoms with van der Waals surface area (Å²) in [6.07, 6.45) is 4.95. The van der Waals surface area contributed by atoms with Crippen molar-refractivity contribution < 1.29 is 29.3 Å². The van der Waals surface area contributed by atoms with Crippen LogP contribution in [0.3, 0.4) is 0 Å². The molecule has 0 unspecified atom stereocenters. The summed E-state index contributed by atoms with van der Waals surface area (Å²) in [5.74, 6) is -2.31. The lowest BCUT2D eigenvalue weighted by atomic mass is 9.73. The van der Waals surface area contributed by atoms with Crippen LogP contribution < -0.4 is 0 Å². The van der Waals surface area contributed by atoms with Gasteiger partial charge in [0, 0.05) is 11.3 Å². The summed E-state index contributed by atoms with van der Waals surface area (Å²) >= 11 is 1.65. The Hall–Kier alpha value is -1.65. The van der Waals surface area contributed by atoms with Crippen molar-refractivity contribution in [3.63, 3.8) is 0 Å². The topological polar surface area (TPSA) is 117 Å². The van der Waals surface area contributed by atoms with E-state index in [1.807, 2.05) is 13.8 Å². The van der Waals surface area contributed by atoms with Gasteiger partial charge in [0.15, 0.2) is 8.32 Å². The molecule has 3 N–H and O–H groups in total. The van der Waals surface area contributed by atoms with Crippen LogP contribution in [0.1, 0.15) is 105 Å². The molecule has 0 aromatic carbocycles. The predicted molar refractivity (Wildman–Crippen MR) is 176 cm³/mol. The number of allylic oxidation sites excluding steroid dienone is 1. The zero-order valence-corrected chi connectivity index (χ0v) is 29.9. The highest BCUT2D eigenvalue weighted by atomic mass is 32.1. The highest BCUT2D eigenvalue weighted by Gasteiger charge is 2.42. The molecule has 1 rings (SSSR count). The molecule has 1 aromatic rings. The van der Waals surface area contributed by atoms with Gasteiger partial charge in [-0.2, -0.15) is 0 Å². The van der Waals surface area contributed by atoms with Crippen molar-refractivity contribution in [3.8, 4) is 0 Å². The van der Waals surface area contributed by atoms with Gasteiger partial charge in [-0.3, -0.25) is 9.59 Å². The van der Waals surface area contributed by atoms with Crippen LogP contribution in [0, 0.1) is 24.2 Å². The van der Waals surface area contributed by atoms with Crippen LogP contribution in [0.25, 0.3) is 6.08 Å². The molecule has 7 nitrogen and oxygen atoms in total. The Kier molecular flexibility index (Phi) is 14.5. The Balaban J connectivity index is 2.85. The SMILES string of the molecule is C/C(=C/C[C@H](O[Si](C)(C)C(C)(C)C)/C(C)=C/c1csc(C)n1)CCC[C@H](C)[C@H](O)[C@@H](C)C(=O)C(C)(C)[C@@H](O)CC(=O)O. The molecule has 0 aliphatic rings. The van der Waals surface area contributed by atoms with Crippen LogP contribution in [0.2, 0.25) is 18.1 Å². The normalized spacial score (nSPS) is 17.5. The Bertz CT molecular complexity index is 1100. The summed E-state index contributed by atoms with van der Waals surface area (Å²) in [6.45, 7) is 24.3. The van der Waals surface area contributed by atoms with Gasteiger partial charge in [0.25, 0.3) is 0 Å². The summed E-state index contributed by atoms with van der Waals surface area (Å²) in [5, 5.41) is 33.4. The number of carboxylic acids is 1. The van der Waals surface area contributed by atoms with E-state index in [1.165, 1.54) is 11.1 Å². The van der Waals surface area contributed by atoms with E-state index in [2.05, 4.69) is 70.2 Å². The summed E-state index contributed by atoms with van der Waals surface area (Å²) in [4.78, 5) is 28.7. The van der Waals surface area contributed by atoms with E-state index in [-0.39, 0.29) is 22.8 Å². The zero-order valence-electron chi connectivity index (χ0n) is 28.1. The fraction of sp³-hybridized carbons (Fsp3) is 0.727. The second-order valence-electron chi connectivity index (χ2n) is 14.2.